The molecule has 0 saturated heterocycles. The van der Waals surface area contributed by atoms with Crippen LogP contribution in [0.4, 0.5) is 11.4 Å². The minimum absolute atomic E-state index is 0.215. The van der Waals surface area contributed by atoms with Crippen molar-refractivity contribution >= 4 is 22.3 Å². The van der Waals surface area contributed by atoms with Gasteiger partial charge >= 0.3 is 5.69 Å². The highest BCUT2D eigenvalue weighted by atomic mass is 16.6. The Labute approximate surface area is 113 Å². The van der Waals surface area contributed by atoms with Crippen molar-refractivity contribution in [2.75, 3.05) is 14.1 Å². The lowest BCUT2D eigenvalue weighted by Crippen LogP contribution is -2.23. The Hall–Kier alpha value is -2.55. The van der Waals surface area contributed by atoms with Crippen molar-refractivity contribution in [3.63, 3.8) is 0 Å². The molecule has 0 saturated carbocycles. The number of nitro benzene ring substituents is 2. The maximum Gasteiger partial charge on any atom is 0.302 e. The predicted molar refractivity (Wildman–Crippen MR) is 71.4 cm³/mol. The minimum Gasteiger partial charge on any atom is -0.288 e. The Kier molecular flexibility index (Phi) is 3.36. The lowest BCUT2D eigenvalue weighted by atomic mass is 10.2. The van der Waals surface area contributed by atoms with Gasteiger partial charge in [-0.05, 0) is 21.0 Å². The molecule has 1 heterocycles. The summed E-state index contributed by atoms with van der Waals surface area (Å²) in [7, 11) is 3.63. The number of hydrogen-bond acceptors (Lipinski definition) is 6. The molecule has 0 fully saturated rings. The fraction of sp³-hybridized carbons (Fsp3) is 0.364. The number of nitro groups is 2. The van der Waals surface area contributed by atoms with Crippen LogP contribution in [0.25, 0.3) is 10.9 Å². The van der Waals surface area contributed by atoms with Gasteiger partial charge in [-0.25, -0.2) is 4.68 Å². The summed E-state index contributed by atoms with van der Waals surface area (Å²) in [4.78, 5) is 22.5. The zero-order valence-corrected chi connectivity index (χ0v) is 11.2. The van der Waals surface area contributed by atoms with E-state index in [-0.39, 0.29) is 23.1 Å². The minimum atomic E-state index is -0.654. The number of aromatic nitrogens is 2. The van der Waals surface area contributed by atoms with Gasteiger partial charge in [0.05, 0.1) is 22.1 Å². The summed E-state index contributed by atoms with van der Waals surface area (Å²) >= 11 is 0. The molecular weight excluding hydrogens is 266 g/mol. The smallest absolute Gasteiger partial charge is 0.288 e. The first-order chi connectivity index (χ1) is 9.32. The third kappa shape index (κ3) is 2.18. The van der Waals surface area contributed by atoms with Crippen LogP contribution in [0.2, 0.25) is 0 Å². The van der Waals surface area contributed by atoms with Gasteiger partial charge in [0.2, 0.25) is 0 Å². The number of hydrogen-bond donors (Lipinski definition) is 0. The van der Waals surface area contributed by atoms with Crippen molar-refractivity contribution in [2.24, 2.45) is 0 Å². The van der Waals surface area contributed by atoms with Gasteiger partial charge in [-0.2, -0.15) is 5.10 Å². The SMILES string of the molecule is CC(N(C)C)n1ncc2cc([N+](=O)[O-])cc([N+](=O)[O-])c21. The molecule has 1 aromatic carbocycles. The van der Waals surface area contributed by atoms with Gasteiger partial charge in [-0.1, -0.05) is 0 Å². The molecule has 0 amide bonds. The van der Waals surface area contributed by atoms with Crippen LogP contribution in [0.1, 0.15) is 13.1 Å². The van der Waals surface area contributed by atoms with E-state index in [0.717, 1.165) is 6.07 Å². The summed E-state index contributed by atoms with van der Waals surface area (Å²) in [6.07, 6.45) is 1.18. The highest BCUT2D eigenvalue weighted by Gasteiger charge is 2.25. The van der Waals surface area contributed by atoms with E-state index in [0.29, 0.717) is 5.39 Å². The van der Waals surface area contributed by atoms with Crippen LogP contribution in [-0.4, -0.2) is 38.6 Å². The Morgan fingerprint density at radius 3 is 2.40 bits per heavy atom. The third-order valence-electron chi connectivity index (χ3n) is 3.16. The van der Waals surface area contributed by atoms with Crippen LogP contribution in [0.3, 0.4) is 0 Å². The molecule has 9 nitrogen and oxygen atoms in total. The maximum atomic E-state index is 11.2. The Bertz CT molecular complexity index is 693. The number of rotatable bonds is 4. The van der Waals surface area contributed by atoms with Crippen LogP contribution < -0.4 is 0 Å². The summed E-state index contributed by atoms with van der Waals surface area (Å²) in [6, 6.07) is 2.25. The summed E-state index contributed by atoms with van der Waals surface area (Å²) in [5.74, 6) is 0. The van der Waals surface area contributed by atoms with E-state index in [9.17, 15) is 20.2 Å². The first-order valence-electron chi connectivity index (χ1n) is 5.79. The first-order valence-corrected chi connectivity index (χ1v) is 5.79. The molecule has 2 aromatic rings. The molecule has 0 N–H and O–H groups in total. The second-order valence-electron chi connectivity index (χ2n) is 4.60. The van der Waals surface area contributed by atoms with E-state index in [1.165, 1.54) is 16.9 Å². The lowest BCUT2D eigenvalue weighted by Gasteiger charge is -2.20. The van der Waals surface area contributed by atoms with Crippen molar-refractivity contribution in [1.29, 1.82) is 0 Å². The molecule has 1 atom stereocenters. The van der Waals surface area contributed by atoms with E-state index < -0.39 is 9.85 Å². The zero-order chi connectivity index (χ0) is 15.0. The molecule has 0 spiro atoms. The topological polar surface area (TPSA) is 107 Å². The van der Waals surface area contributed by atoms with Gasteiger partial charge in [-0.3, -0.25) is 25.1 Å². The molecule has 9 heteroatoms. The molecule has 0 aliphatic rings. The van der Waals surface area contributed by atoms with Crippen LogP contribution in [0.15, 0.2) is 18.3 Å². The summed E-state index contributed by atoms with van der Waals surface area (Å²) in [5.41, 5.74) is -0.358. The van der Waals surface area contributed by atoms with E-state index in [1.54, 1.807) is 0 Å². The molecule has 1 unspecified atom stereocenters. The number of non-ortho nitro benzene ring substituents is 2. The van der Waals surface area contributed by atoms with Crippen molar-refractivity contribution in [3.8, 4) is 0 Å². The van der Waals surface area contributed by atoms with Crippen molar-refractivity contribution < 1.29 is 9.85 Å². The van der Waals surface area contributed by atoms with Gasteiger partial charge < -0.3 is 0 Å². The van der Waals surface area contributed by atoms with Crippen LogP contribution in [0, 0.1) is 20.2 Å². The van der Waals surface area contributed by atoms with Crippen molar-refractivity contribution in [1.82, 2.24) is 14.7 Å². The highest BCUT2D eigenvalue weighted by Crippen LogP contribution is 2.32. The summed E-state index contributed by atoms with van der Waals surface area (Å²) in [5, 5.41) is 26.5. The molecule has 20 heavy (non-hydrogen) atoms. The molecule has 0 bridgehead atoms. The monoisotopic (exact) mass is 279 g/mol. The molecule has 2 rings (SSSR count). The molecular formula is C11H13N5O4. The third-order valence-corrected chi connectivity index (χ3v) is 3.16. The van der Waals surface area contributed by atoms with Gasteiger partial charge in [0.15, 0.2) is 0 Å². The average molecular weight is 279 g/mol. The van der Waals surface area contributed by atoms with Gasteiger partial charge in [0, 0.05) is 11.5 Å². The summed E-state index contributed by atoms with van der Waals surface area (Å²) in [6.45, 7) is 1.83. The number of benzene rings is 1. The normalized spacial score (nSPS) is 12.8. The van der Waals surface area contributed by atoms with E-state index in [2.05, 4.69) is 5.10 Å². The first kappa shape index (κ1) is 13.9. The Balaban J connectivity index is 2.77. The van der Waals surface area contributed by atoms with Crippen LogP contribution >= 0.6 is 0 Å². The second kappa shape index (κ2) is 4.85. The highest BCUT2D eigenvalue weighted by molar-refractivity contribution is 5.89. The largest absolute Gasteiger partial charge is 0.302 e. The zero-order valence-electron chi connectivity index (χ0n) is 11.2. The Morgan fingerprint density at radius 2 is 1.90 bits per heavy atom. The number of fused-ring (bicyclic) bond motifs is 1. The second-order valence-corrected chi connectivity index (χ2v) is 4.60. The standard InChI is InChI=1S/C11H13N5O4/c1-7(13(2)3)14-11-8(6-12-14)4-9(15(17)18)5-10(11)16(19)20/h4-7H,1-3H3. The lowest BCUT2D eigenvalue weighted by molar-refractivity contribution is -0.393. The van der Waals surface area contributed by atoms with E-state index in [1.807, 2.05) is 25.9 Å². The molecule has 0 aliphatic heterocycles. The average Bonchev–Trinajstić information content (AvgIpc) is 2.79. The van der Waals surface area contributed by atoms with E-state index in [4.69, 9.17) is 0 Å². The molecule has 1 aromatic heterocycles. The Morgan fingerprint density at radius 1 is 1.25 bits per heavy atom. The fourth-order valence-corrected chi connectivity index (χ4v) is 1.90. The maximum absolute atomic E-state index is 11.2. The van der Waals surface area contributed by atoms with Crippen LogP contribution in [-0.2, 0) is 0 Å². The quantitative estimate of drug-likeness (QED) is 0.625. The number of nitrogens with zero attached hydrogens (tertiary/aromatic N) is 5. The summed E-state index contributed by atoms with van der Waals surface area (Å²) < 4.78 is 1.48. The van der Waals surface area contributed by atoms with Crippen molar-refractivity contribution in [2.45, 2.75) is 13.1 Å². The predicted octanol–water partition coefficient (Wildman–Crippen LogP) is 1.93. The van der Waals surface area contributed by atoms with Gasteiger partial charge in [0.25, 0.3) is 5.69 Å². The van der Waals surface area contributed by atoms with Gasteiger partial charge in [-0.15, -0.1) is 0 Å². The van der Waals surface area contributed by atoms with Crippen LogP contribution in [0.5, 0.6) is 0 Å². The van der Waals surface area contributed by atoms with Crippen molar-refractivity contribution in [3.05, 3.63) is 38.6 Å². The molecule has 0 aliphatic carbocycles. The molecule has 106 valence electrons. The van der Waals surface area contributed by atoms with E-state index >= 15 is 0 Å². The molecule has 0 radical (unpaired) electrons. The fourth-order valence-electron chi connectivity index (χ4n) is 1.90. The van der Waals surface area contributed by atoms with Gasteiger partial charge in [0.1, 0.15) is 11.7 Å².